The van der Waals surface area contributed by atoms with Crippen molar-refractivity contribution in [3.8, 4) is 39.1 Å². The van der Waals surface area contributed by atoms with E-state index < -0.39 is 0 Å². The molecule has 2 aliphatic carbocycles. The van der Waals surface area contributed by atoms with E-state index in [2.05, 4.69) is 210 Å². The maximum absolute atomic E-state index is 5.28. The molecule has 1 aliphatic heterocycles. The standard InChI is InChI=1S/C58H45N3/c1-5-16-39(17-6-1)40-26-28-41(29-27-40)53-38-54(60-57(59-53)42-18-7-2-8-19-42)45-21-15-20-43(34-45)44-30-31-48-50-36-52-49(37-56(50)61(55(48)35-44)46-22-9-3-10-23-46)47-24-11-12-25-51(47)58(52)32-13-4-14-33-58/h1-3,5-12,15-31,34-38,53H,4,13-14,32-33H2,(H,59,60). The van der Waals surface area contributed by atoms with Crippen LogP contribution in [0.3, 0.4) is 0 Å². The summed E-state index contributed by atoms with van der Waals surface area (Å²) in [6.07, 6.45) is 8.63. The van der Waals surface area contributed by atoms with Crippen molar-refractivity contribution in [1.82, 2.24) is 9.88 Å². The number of nitrogens with zero attached hydrogens (tertiary/aromatic N) is 2. The smallest absolute Gasteiger partial charge is 0.134 e. The Bertz CT molecular complexity index is 3170. The highest BCUT2D eigenvalue weighted by atomic mass is 15.0. The number of hydrogen-bond donors (Lipinski definition) is 1. The zero-order chi connectivity index (χ0) is 40.3. The number of hydrogen-bond acceptors (Lipinski definition) is 2. The summed E-state index contributed by atoms with van der Waals surface area (Å²) in [5, 5.41) is 6.39. The first-order valence-electron chi connectivity index (χ1n) is 21.9. The molecule has 12 rings (SSSR count). The minimum Gasteiger partial charge on any atom is -0.359 e. The molecule has 1 spiro atoms. The summed E-state index contributed by atoms with van der Waals surface area (Å²) < 4.78 is 2.49. The molecule has 1 saturated carbocycles. The normalized spacial score (nSPS) is 16.5. The van der Waals surface area contributed by atoms with Gasteiger partial charge in [-0.3, -0.25) is 0 Å². The van der Waals surface area contributed by atoms with Gasteiger partial charge in [0.25, 0.3) is 0 Å². The minimum absolute atomic E-state index is 0.0459. The molecular formula is C58H45N3. The zero-order valence-electron chi connectivity index (χ0n) is 34.1. The van der Waals surface area contributed by atoms with Crippen LogP contribution in [0, 0.1) is 0 Å². The second kappa shape index (κ2) is 14.5. The summed E-state index contributed by atoms with van der Waals surface area (Å²) in [5.41, 5.74) is 18.8. The maximum Gasteiger partial charge on any atom is 0.134 e. The summed E-state index contributed by atoms with van der Waals surface area (Å²) in [5.74, 6) is 0.874. The van der Waals surface area contributed by atoms with Gasteiger partial charge in [-0.2, -0.15) is 0 Å². The predicted octanol–water partition coefficient (Wildman–Crippen LogP) is 14.5. The van der Waals surface area contributed by atoms with Crippen molar-refractivity contribution in [3.63, 3.8) is 0 Å². The van der Waals surface area contributed by atoms with Crippen LogP contribution in [-0.2, 0) is 5.41 Å². The summed E-state index contributed by atoms with van der Waals surface area (Å²) in [4.78, 5) is 5.28. The summed E-state index contributed by atoms with van der Waals surface area (Å²) in [6, 6.07) is 71.2. The first kappa shape index (κ1) is 35.7. The average molecular weight is 784 g/mol. The van der Waals surface area contributed by atoms with Gasteiger partial charge >= 0.3 is 0 Å². The Balaban J connectivity index is 0.978. The van der Waals surface area contributed by atoms with Crippen molar-refractivity contribution in [3.05, 3.63) is 228 Å². The van der Waals surface area contributed by atoms with Gasteiger partial charge in [0.1, 0.15) is 5.84 Å². The second-order valence-electron chi connectivity index (χ2n) is 17.1. The van der Waals surface area contributed by atoms with Crippen molar-refractivity contribution >= 4 is 33.3 Å². The van der Waals surface area contributed by atoms with Crippen molar-refractivity contribution in [2.24, 2.45) is 4.99 Å². The van der Waals surface area contributed by atoms with Crippen LogP contribution in [0.15, 0.2) is 205 Å². The Labute approximate surface area is 357 Å². The fourth-order valence-corrected chi connectivity index (χ4v) is 10.7. The summed E-state index contributed by atoms with van der Waals surface area (Å²) in [7, 11) is 0. The van der Waals surface area contributed by atoms with Gasteiger partial charge in [-0.1, -0.05) is 177 Å². The van der Waals surface area contributed by atoms with Crippen LogP contribution in [0.2, 0.25) is 0 Å². The van der Waals surface area contributed by atoms with Crippen molar-refractivity contribution in [2.75, 3.05) is 0 Å². The molecule has 1 N–H and O–H groups in total. The molecule has 1 aromatic heterocycles. The van der Waals surface area contributed by atoms with Crippen LogP contribution >= 0.6 is 0 Å². The molecule has 0 saturated heterocycles. The molecule has 3 heteroatoms. The van der Waals surface area contributed by atoms with E-state index in [0.717, 1.165) is 22.7 Å². The Morgan fingerprint density at radius 2 is 1.08 bits per heavy atom. The number of aliphatic imine (C=N–C) groups is 1. The van der Waals surface area contributed by atoms with E-state index in [9.17, 15) is 0 Å². The van der Waals surface area contributed by atoms with Gasteiger partial charge in [-0.25, -0.2) is 4.99 Å². The Kier molecular flexibility index (Phi) is 8.48. The van der Waals surface area contributed by atoms with E-state index in [1.807, 2.05) is 0 Å². The molecule has 1 unspecified atom stereocenters. The average Bonchev–Trinajstić information content (AvgIpc) is 3.80. The van der Waals surface area contributed by atoms with E-state index in [0.29, 0.717) is 0 Å². The van der Waals surface area contributed by atoms with E-state index in [1.54, 1.807) is 0 Å². The third kappa shape index (κ3) is 5.98. The van der Waals surface area contributed by atoms with E-state index in [1.165, 1.54) is 110 Å². The van der Waals surface area contributed by atoms with Crippen molar-refractivity contribution in [1.29, 1.82) is 0 Å². The van der Waals surface area contributed by atoms with Crippen LogP contribution in [0.4, 0.5) is 0 Å². The van der Waals surface area contributed by atoms with Gasteiger partial charge < -0.3 is 9.88 Å². The monoisotopic (exact) mass is 783 g/mol. The number of para-hydroxylation sites is 1. The van der Waals surface area contributed by atoms with Gasteiger partial charge in [0.05, 0.1) is 22.8 Å². The van der Waals surface area contributed by atoms with E-state index in [-0.39, 0.29) is 11.5 Å². The fraction of sp³-hybridized carbons (Fsp3) is 0.121. The predicted molar refractivity (Wildman–Crippen MR) is 254 cm³/mol. The molecule has 2 heterocycles. The molecule has 8 aromatic carbocycles. The van der Waals surface area contributed by atoms with Crippen LogP contribution in [-0.4, -0.2) is 10.4 Å². The number of amidine groups is 1. The topological polar surface area (TPSA) is 29.3 Å². The van der Waals surface area contributed by atoms with Gasteiger partial charge in [0.15, 0.2) is 0 Å². The SMILES string of the molecule is C1=C(c2cccc(-c3ccc4c5cc6c(cc5n(-c5ccccc5)c4c3)-c3ccccc3C63CCCCC3)c2)N=C(c2ccccc2)NC1c1ccc(-c2ccccc2)cc1. The second-order valence-corrected chi connectivity index (χ2v) is 17.1. The van der Waals surface area contributed by atoms with E-state index >= 15 is 0 Å². The highest BCUT2D eigenvalue weighted by molar-refractivity contribution is 6.12. The Morgan fingerprint density at radius 1 is 0.459 bits per heavy atom. The molecule has 0 radical (unpaired) electrons. The molecule has 1 atom stereocenters. The van der Waals surface area contributed by atoms with Crippen molar-refractivity contribution in [2.45, 2.75) is 43.6 Å². The molecule has 0 bridgehead atoms. The number of rotatable bonds is 6. The molecule has 9 aromatic rings. The summed E-state index contributed by atoms with van der Waals surface area (Å²) >= 11 is 0. The molecule has 292 valence electrons. The fourth-order valence-electron chi connectivity index (χ4n) is 10.7. The number of nitrogens with one attached hydrogen (secondary N) is 1. The van der Waals surface area contributed by atoms with Crippen molar-refractivity contribution < 1.29 is 0 Å². The third-order valence-corrected chi connectivity index (χ3v) is 13.6. The molecule has 3 nitrogen and oxygen atoms in total. The molecular weight excluding hydrogens is 739 g/mol. The summed E-state index contributed by atoms with van der Waals surface area (Å²) in [6.45, 7) is 0. The lowest BCUT2D eigenvalue weighted by Crippen LogP contribution is -2.31. The highest BCUT2D eigenvalue weighted by Crippen LogP contribution is 2.57. The number of aromatic nitrogens is 1. The van der Waals surface area contributed by atoms with E-state index in [4.69, 9.17) is 4.99 Å². The largest absolute Gasteiger partial charge is 0.359 e. The molecule has 61 heavy (non-hydrogen) atoms. The lowest BCUT2D eigenvalue weighted by atomic mass is 9.68. The van der Waals surface area contributed by atoms with Gasteiger partial charge in [0.2, 0.25) is 0 Å². The molecule has 0 amide bonds. The van der Waals surface area contributed by atoms with Gasteiger partial charge in [-0.05, 0) is 105 Å². The zero-order valence-corrected chi connectivity index (χ0v) is 34.1. The van der Waals surface area contributed by atoms with Crippen LogP contribution in [0.5, 0.6) is 0 Å². The first-order valence-corrected chi connectivity index (χ1v) is 21.9. The first-order chi connectivity index (χ1) is 30.2. The Morgan fingerprint density at radius 3 is 1.87 bits per heavy atom. The number of benzene rings is 8. The maximum atomic E-state index is 5.28. The lowest BCUT2D eigenvalue weighted by Gasteiger charge is -2.36. The quantitative estimate of drug-likeness (QED) is 0.179. The third-order valence-electron chi connectivity index (χ3n) is 13.6. The van der Waals surface area contributed by atoms with Gasteiger partial charge in [0, 0.05) is 33.0 Å². The highest BCUT2D eigenvalue weighted by Gasteiger charge is 2.44. The minimum atomic E-state index is -0.0459. The van der Waals surface area contributed by atoms with Crippen LogP contribution in [0.1, 0.15) is 66.0 Å². The molecule has 3 aliphatic rings. The Hall–Kier alpha value is -7.23. The van der Waals surface area contributed by atoms with Crippen LogP contribution in [0.25, 0.3) is 66.6 Å². The van der Waals surface area contributed by atoms with Gasteiger partial charge in [-0.15, -0.1) is 0 Å². The molecule has 1 fully saturated rings. The van der Waals surface area contributed by atoms with Crippen LogP contribution < -0.4 is 5.32 Å². The lowest BCUT2D eigenvalue weighted by molar-refractivity contribution is 0.353. The number of fused-ring (bicyclic) bond motifs is 8.